The Morgan fingerprint density at radius 2 is 2.13 bits per heavy atom. The van der Waals surface area contributed by atoms with Crippen LogP contribution in [0.4, 0.5) is 0 Å². The molecule has 0 amide bonds. The van der Waals surface area contributed by atoms with Crippen molar-refractivity contribution in [3.63, 3.8) is 0 Å². The molecule has 2 rings (SSSR count). The van der Waals surface area contributed by atoms with Gasteiger partial charge in [0.25, 0.3) is 0 Å². The van der Waals surface area contributed by atoms with E-state index >= 15 is 0 Å². The number of fused-ring (bicyclic) bond motifs is 1. The van der Waals surface area contributed by atoms with Crippen LogP contribution in [0.1, 0.15) is 5.56 Å². The van der Waals surface area contributed by atoms with Crippen molar-refractivity contribution in [2.75, 3.05) is 7.11 Å². The lowest BCUT2D eigenvalue weighted by atomic mass is 10.0. The first-order valence-electron chi connectivity index (χ1n) is 4.78. The van der Waals surface area contributed by atoms with Gasteiger partial charge in [0.15, 0.2) is 0 Å². The van der Waals surface area contributed by atoms with Gasteiger partial charge >= 0.3 is 0 Å². The minimum Gasteiger partial charge on any atom is -0.497 e. The SMILES string of the molecule is COc1ccc2cccc(CC#N)c2c1. The van der Waals surface area contributed by atoms with E-state index in [-0.39, 0.29) is 0 Å². The molecule has 0 fully saturated rings. The number of methoxy groups -OCH3 is 1. The minimum absolute atomic E-state index is 0.435. The van der Waals surface area contributed by atoms with Gasteiger partial charge in [-0.05, 0) is 28.5 Å². The molecule has 0 spiro atoms. The monoisotopic (exact) mass is 197 g/mol. The Morgan fingerprint density at radius 3 is 2.87 bits per heavy atom. The van der Waals surface area contributed by atoms with Gasteiger partial charge in [0.2, 0.25) is 0 Å². The lowest BCUT2D eigenvalue weighted by Crippen LogP contribution is -1.87. The molecule has 2 nitrogen and oxygen atoms in total. The van der Waals surface area contributed by atoms with Crippen LogP contribution in [-0.4, -0.2) is 7.11 Å². The van der Waals surface area contributed by atoms with E-state index < -0.39 is 0 Å². The number of rotatable bonds is 2. The maximum absolute atomic E-state index is 8.72. The van der Waals surface area contributed by atoms with Crippen molar-refractivity contribution in [3.8, 4) is 11.8 Å². The zero-order valence-corrected chi connectivity index (χ0v) is 8.53. The van der Waals surface area contributed by atoms with Crippen LogP contribution in [0.15, 0.2) is 36.4 Å². The molecule has 2 heteroatoms. The van der Waals surface area contributed by atoms with E-state index in [1.807, 2.05) is 36.4 Å². The summed E-state index contributed by atoms with van der Waals surface area (Å²) in [4.78, 5) is 0. The van der Waals surface area contributed by atoms with Crippen molar-refractivity contribution in [1.29, 1.82) is 5.26 Å². The van der Waals surface area contributed by atoms with Gasteiger partial charge in [-0.1, -0.05) is 24.3 Å². The molecule has 15 heavy (non-hydrogen) atoms. The molecule has 0 N–H and O–H groups in total. The lowest BCUT2D eigenvalue weighted by Gasteiger charge is -2.05. The number of nitriles is 1. The predicted octanol–water partition coefficient (Wildman–Crippen LogP) is 2.91. The summed E-state index contributed by atoms with van der Waals surface area (Å²) in [5.74, 6) is 0.827. The molecule has 0 radical (unpaired) electrons. The largest absolute Gasteiger partial charge is 0.497 e. The zero-order chi connectivity index (χ0) is 10.7. The molecule has 0 saturated carbocycles. The Labute approximate surface area is 88.7 Å². The van der Waals surface area contributed by atoms with Crippen molar-refractivity contribution in [2.24, 2.45) is 0 Å². The Balaban J connectivity index is 2.66. The number of ether oxygens (including phenoxy) is 1. The van der Waals surface area contributed by atoms with E-state index in [4.69, 9.17) is 10.00 Å². The minimum atomic E-state index is 0.435. The summed E-state index contributed by atoms with van der Waals surface area (Å²) < 4.78 is 5.17. The number of hydrogen-bond acceptors (Lipinski definition) is 2. The van der Waals surface area contributed by atoms with Gasteiger partial charge < -0.3 is 4.74 Å². The van der Waals surface area contributed by atoms with Crippen molar-refractivity contribution >= 4 is 10.8 Å². The second-order valence-electron chi connectivity index (χ2n) is 3.34. The van der Waals surface area contributed by atoms with Gasteiger partial charge in [-0.15, -0.1) is 0 Å². The molecule has 0 heterocycles. The first kappa shape index (κ1) is 9.54. The summed E-state index contributed by atoms with van der Waals surface area (Å²) in [6.07, 6.45) is 0.435. The Morgan fingerprint density at radius 1 is 1.27 bits per heavy atom. The second kappa shape index (κ2) is 4.02. The third-order valence-corrected chi connectivity index (χ3v) is 2.45. The summed E-state index contributed by atoms with van der Waals surface area (Å²) in [6.45, 7) is 0. The molecule has 0 bridgehead atoms. The summed E-state index contributed by atoms with van der Waals surface area (Å²) in [7, 11) is 1.65. The molecule has 0 aliphatic heterocycles. The van der Waals surface area contributed by atoms with Crippen molar-refractivity contribution in [2.45, 2.75) is 6.42 Å². The van der Waals surface area contributed by atoms with E-state index in [0.717, 1.165) is 22.1 Å². The normalized spacial score (nSPS) is 9.87. The molecule has 2 aromatic rings. The van der Waals surface area contributed by atoms with Crippen molar-refractivity contribution in [3.05, 3.63) is 42.0 Å². The maximum atomic E-state index is 8.72. The topological polar surface area (TPSA) is 33.0 Å². The molecule has 0 aliphatic carbocycles. The van der Waals surface area contributed by atoms with E-state index in [1.165, 1.54) is 0 Å². The van der Waals surface area contributed by atoms with Gasteiger partial charge in [0, 0.05) is 0 Å². The van der Waals surface area contributed by atoms with E-state index in [1.54, 1.807) is 7.11 Å². The molecule has 74 valence electrons. The molecule has 0 unspecified atom stereocenters. The summed E-state index contributed by atoms with van der Waals surface area (Å²) in [5.41, 5.74) is 1.05. The fourth-order valence-electron chi connectivity index (χ4n) is 1.68. The van der Waals surface area contributed by atoms with Crippen molar-refractivity contribution in [1.82, 2.24) is 0 Å². The second-order valence-corrected chi connectivity index (χ2v) is 3.34. The quantitative estimate of drug-likeness (QED) is 0.741. The molecular formula is C13H11NO. The maximum Gasteiger partial charge on any atom is 0.119 e. The van der Waals surface area contributed by atoms with E-state index in [2.05, 4.69) is 6.07 Å². The highest BCUT2D eigenvalue weighted by molar-refractivity contribution is 5.87. The number of nitrogens with zero attached hydrogens (tertiary/aromatic N) is 1. The molecule has 0 aliphatic rings. The van der Waals surface area contributed by atoms with Gasteiger partial charge in [-0.2, -0.15) is 5.26 Å². The first-order chi connectivity index (χ1) is 7.35. The third-order valence-electron chi connectivity index (χ3n) is 2.45. The lowest BCUT2D eigenvalue weighted by molar-refractivity contribution is 0.415. The molecule has 0 saturated heterocycles. The van der Waals surface area contributed by atoms with E-state index in [9.17, 15) is 0 Å². The van der Waals surface area contributed by atoms with Gasteiger partial charge in [0.05, 0.1) is 19.6 Å². The van der Waals surface area contributed by atoms with Gasteiger partial charge in [0.1, 0.15) is 5.75 Å². The van der Waals surface area contributed by atoms with Crippen LogP contribution in [0.5, 0.6) is 5.75 Å². The molecule has 2 aromatic carbocycles. The van der Waals surface area contributed by atoms with Crippen LogP contribution in [0.25, 0.3) is 10.8 Å². The standard InChI is InChI=1S/C13H11NO/c1-15-12-6-5-10-3-2-4-11(7-8-14)13(10)9-12/h2-6,9H,7H2,1H3. The number of benzene rings is 2. The number of hydrogen-bond donors (Lipinski definition) is 0. The molecular weight excluding hydrogens is 186 g/mol. The fourth-order valence-corrected chi connectivity index (χ4v) is 1.68. The fraction of sp³-hybridized carbons (Fsp3) is 0.154. The summed E-state index contributed by atoms with van der Waals surface area (Å²) in [5, 5.41) is 11.0. The smallest absolute Gasteiger partial charge is 0.119 e. The average Bonchev–Trinajstić information content (AvgIpc) is 2.29. The Bertz CT molecular complexity index is 526. The van der Waals surface area contributed by atoms with Crippen LogP contribution in [0, 0.1) is 11.3 Å². The van der Waals surface area contributed by atoms with Gasteiger partial charge in [-0.25, -0.2) is 0 Å². The molecule has 0 atom stereocenters. The Kier molecular flexibility index (Phi) is 2.55. The van der Waals surface area contributed by atoms with Crippen LogP contribution in [0.3, 0.4) is 0 Å². The van der Waals surface area contributed by atoms with Crippen molar-refractivity contribution < 1.29 is 4.74 Å². The van der Waals surface area contributed by atoms with Crippen LogP contribution < -0.4 is 4.74 Å². The van der Waals surface area contributed by atoms with Crippen LogP contribution >= 0.6 is 0 Å². The highest BCUT2D eigenvalue weighted by atomic mass is 16.5. The molecule has 0 aromatic heterocycles. The van der Waals surface area contributed by atoms with E-state index in [0.29, 0.717) is 6.42 Å². The Hall–Kier alpha value is -2.01. The average molecular weight is 197 g/mol. The van der Waals surface area contributed by atoms with Crippen LogP contribution in [-0.2, 0) is 6.42 Å². The van der Waals surface area contributed by atoms with Gasteiger partial charge in [-0.3, -0.25) is 0 Å². The summed E-state index contributed by atoms with van der Waals surface area (Å²) >= 11 is 0. The summed E-state index contributed by atoms with van der Waals surface area (Å²) in [6, 6.07) is 14.1. The zero-order valence-electron chi connectivity index (χ0n) is 8.53. The predicted molar refractivity (Wildman–Crippen MR) is 59.8 cm³/mol. The first-order valence-corrected chi connectivity index (χ1v) is 4.78. The highest BCUT2D eigenvalue weighted by Crippen LogP contribution is 2.24. The van der Waals surface area contributed by atoms with Crippen LogP contribution in [0.2, 0.25) is 0 Å². The third kappa shape index (κ3) is 1.77. The highest BCUT2D eigenvalue weighted by Gasteiger charge is 2.01.